The van der Waals surface area contributed by atoms with E-state index in [0.717, 1.165) is 69.8 Å². The predicted octanol–water partition coefficient (Wildman–Crippen LogP) is 2.39. The second kappa shape index (κ2) is 7.97. The van der Waals surface area contributed by atoms with Crippen molar-refractivity contribution in [2.24, 2.45) is 5.92 Å². The highest BCUT2D eigenvalue weighted by atomic mass is 16.5. The first-order valence-electron chi connectivity index (χ1n) is 10.1. The van der Waals surface area contributed by atoms with Crippen LogP contribution < -0.4 is 10.1 Å². The first-order chi connectivity index (χ1) is 12.7. The third-order valence-electron chi connectivity index (χ3n) is 6.11. The van der Waals surface area contributed by atoms with E-state index in [2.05, 4.69) is 16.3 Å². The SMILES string of the molecule is O=C(NC1(CN2CCOCC2)CCCC1)[C@@H]1CCOc2ccccc2C1. The molecule has 2 fully saturated rings. The molecule has 1 saturated carbocycles. The fourth-order valence-electron chi connectivity index (χ4n) is 4.64. The Morgan fingerprint density at radius 1 is 1.15 bits per heavy atom. The van der Waals surface area contributed by atoms with Gasteiger partial charge in [0, 0.05) is 25.6 Å². The minimum absolute atomic E-state index is 0.000754. The van der Waals surface area contributed by atoms with E-state index in [-0.39, 0.29) is 17.4 Å². The van der Waals surface area contributed by atoms with Crippen LogP contribution in [-0.2, 0) is 16.0 Å². The third-order valence-corrected chi connectivity index (χ3v) is 6.11. The number of morpholine rings is 1. The van der Waals surface area contributed by atoms with Gasteiger partial charge in [-0.3, -0.25) is 9.69 Å². The van der Waals surface area contributed by atoms with Gasteiger partial charge >= 0.3 is 0 Å². The van der Waals surface area contributed by atoms with Crippen LogP contribution in [0.1, 0.15) is 37.7 Å². The van der Waals surface area contributed by atoms with Gasteiger partial charge in [0.1, 0.15) is 5.75 Å². The van der Waals surface area contributed by atoms with Crippen LogP contribution in [0.3, 0.4) is 0 Å². The zero-order valence-corrected chi connectivity index (χ0v) is 15.5. The highest BCUT2D eigenvalue weighted by Gasteiger charge is 2.39. The zero-order chi connectivity index (χ0) is 17.8. The molecule has 1 aromatic rings. The molecule has 1 aromatic carbocycles. The molecule has 0 bridgehead atoms. The number of ether oxygens (including phenoxy) is 2. The smallest absolute Gasteiger partial charge is 0.224 e. The summed E-state index contributed by atoms with van der Waals surface area (Å²) >= 11 is 0. The van der Waals surface area contributed by atoms with Crippen molar-refractivity contribution in [1.29, 1.82) is 0 Å². The number of carbonyl (C=O) groups is 1. The van der Waals surface area contributed by atoms with Crippen molar-refractivity contribution in [1.82, 2.24) is 10.2 Å². The first-order valence-corrected chi connectivity index (χ1v) is 10.1. The van der Waals surface area contributed by atoms with E-state index in [4.69, 9.17) is 9.47 Å². The van der Waals surface area contributed by atoms with E-state index >= 15 is 0 Å². The number of para-hydroxylation sites is 1. The van der Waals surface area contributed by atoms with Gasteiger partial charge in [0.15, 0.2) is 0 Å². The summed E-state index contributed by atoms with van der Waals surface area (Å²) < 4.78 is 11.3. The Balaban J connectivity index is 1.43. The molecule has 3 aliphatic rings. The molecule has 5 heteroatoms. The summed E-state index contributed by atoms with van der Waals surface area (Å²) in [7, 11) is 0. The van der Waals surface area contributed by atoms with Crippen molar-refractivity contribution in [3.8, 4) is 5.75 Å². The van der Waals surface area contributed by atoms with Crippen LogP contribution in [0.25, 0.3) is 0 Å². The number of amides is 1. The lowest BCUT2D eigenvalue weighted by Gasteiger charge is -2.38. The molecule has 142 valence electrons. The van der Waals surface area contributed by atoms with Crippen LogP contribution >= 0.6 is 0 Å². The molecule has 5 nitrogen and oxygen atoms in total. The van der Waals surface area contributed by atoms with Gasteiger partial charge in [0.2, 0.25) is 5.91 Å². The van der Waals surface area contributed by atoms with Crippen molar-refractivity contribution >= 4 is 5.91 Å². The van der Waals surface area contributed by atoms with Gasteiger partial charge in [-0.1, -0.05) is 31.0 Å². The Bertz CT molecular complexity index is 621. The second-order valence-electron chi connectivity index (χ2n) is 8.01. The Kier molecular flexibility index (Phi) is 5.46. The fourth-order valence-corrected chi connectivity index (χ4v) is 4.64. The van der Waals surface area contributed by atoms with Crippen molar-refractivity contribution in [2.45, 2.75) is 44.1 Å². The van der Waals surface area contributed by atoms with Crippen molar-refractivity contribution in [3.05, 3.63) is 29.8 Å². The van der Waals surface area contributed by atoms with E-state index in [1.165, 1.54) is 12.8 Å². The third kappa shape index (κ3) is 4.04. The van der Waals surface area contributed by atoms with Crippen LogP contribution in [0, 0.1) is 5.92 Å². The molecule has 2 heterocycles. The maximum atomic E-state index is 13.2. The van der Waals surface area contributed by atoms with Crippen LogP contribution in [0.2, 0.25) is 0 Å². The molecule has 0 aromatic heterocycles. The van der Waals surface area contributed by atoms with Gasteiger partial charge < -0.3 is 14.8 Å². The Labute approximate surface area is 156 Å². The summed E-state index contributed by atoms with van der Waals surface area (Å²) in [5, 5.41) is 3.49. The molecule has 1 atom stereocenters. The van der Waals surface area contributed by atoms with Gasteiger partial charge in [0.05, 0.1) is 25.4 Å². The van der Waals surface area contributed by atoms with Crippen LogP contribution in [-0.4, -0.2) is 55.8 Å². The number of benzene rings is 1. The maximum Gasteiger partial charge on any atom is 0.224 e. The van der Waals surface area contributed by atoms with Gasteiger partial charge in [0.25, 0.3) is 0 Å². The number of fused-ring (bicyclic) bond motifs is 1. The molecule has 1 aliphatic carbocycles. The van der Waals surface area contributed by atoms with Crippen molar-refractivity contribution in [2.75, 3.05) is 39.5 Å². The molecule has 4 rings (SSSR count). The summed E-state index contributed by atoms with van der Waals surface area (Å²) in [4.78, 5) is 15.6. The van der Waals surface area contributed by atoms with E-state index in [0.29, 0.717) is 6.61 Å². The number of hydrogen-bond acceptors (Lipinski definition) is 4. The fraction of sp³-hybridized carbons (Fsp3) is 0.667. The minimum atomic E-state index is -0.0545. The number of carbonyl (C=O) groups excluding carboxylic acids is 1. The molecule has 1 saturated heterocycles. The molecule has 0 radical (unpaired) electrons. The lowest BCUT2D eigenvalue weighted by atomic mass is 9.91. The van der Waals surface area contributed by atoms with Crippen molar-refractivity contribution < 1.29 is 14.3 Å². The monoisotopic (exact) mass is 358 g/mol. The van der Waals surface area contributed by atoms with Gasteiger partial charge in [-0.15, -0.1) is 0 Å². The number of nitrogens with one attached hydrogen (secondary N) is 1. The molecule has 1 N–H and O–H groups in total. The van der Waals surface area contributed by atoms with Crippen LogP contribution in [0.4, 0.5) is 0 Å². The Hall–Kier alpha value is -1.59. The summed E-state index contributed by atoms with van der Waals surface area (Å²) in [6, 6.07) is 8.11. The molecule has 0 unspecified atom stereocenters. The average Bonchev–Trinajstić information content (AvgIpc) is 2.99. The maximum absolute atomic E-state index is 13.2. The largest absolute Gasteiger partial charge is 0.493 e. The molecule has 2 aliphatic heterocycles. The normalized spacial score (nSPS) is 25.8. The first kappa shape index (κ1) is 17.8. The molecule has 1 amide bonds. The Morgan fingerprint density at radius 3 is 2.73 bits per heavy atom. The average molecular weight is 358 g/mol. The molecular weight excluding hydrogens is 328 g/mol. The predicted molar refractivity (Wildman–Crippen MR) is 100 cm³/mol. The molecule has 26 heavy (non-hydrogen) atoms. The summed E-state index contributed by atoms with van der Waals surface area (Å²) in [5.41, 5.74) is 1.10. The van der Waals surface area contributed by atoms with Crippen LogP contribution in [0.15, 0.2) is 24.3 Å². The standard InChI is InChI=1S/C21H30N2O3/c24-20(18-7-12-26-19-6-2-1-5-17(19)15-18)22-21(8-3-4-9-21)16-23-10-13-25-14-11-23/h1-2,5-6,18H,3-4,7-16H2,(H,22,24)/t18-/m1/s1. The van der Waals surface area contributed by atoms with E-state index in [1.807, 2.05) is 18.2 Å². The lowest BCUT2D eigenvalue weighted by molar-refractivity contribution is -0.127. The quantitative estimate of drug-likeness (QED) is 0.898. The van der Waals surface area contributed by atoms with E-state index < -0.39 is 0 Å². The Morgan fingerprint density at radius 2 is 1.92 bits per heavy atom. The summed E-state index contributed by atoms with van der Waals surface area (Å²) in [6.45, 7) is 5.14. The highest BCUT2D eigenvalue weighted by Crippen LogP contribution is 2.32. The van der Waals surface area contributed by atoms with Gasteiger partial charge in [-0.05, 0) is 37.3 Å². The van der Waals surface area contributed by atoms with Crippen molar-refractivity contribution in [3.63, 3.8) is 0 Å². The summed E-state index contributed by atoms with van der Waals surface area (Å²) in [5.74, 6) is 1.15. The van der Waals surface area contributed by atoms with Gasteiger partial charge in [-0.25, -0.2) is 0 Å². The van der Waals surface area contributed by atoms with Crippen LogP contribution in [0.5, 0.6) is 5.75 Å². The number of hydrogen-bond donors (Lipinski definition) is 1. The topological polar surface area (TPSA) is 50.8 Å². The molecular formula is C21H30N2O3. The highest BCUT2D eigenvalue weighted by molar-refractivity contribution is 5.80. The summed E-state index contributed by atoms with van der Waals surface area (Å²) in [6.07, 6.45) is 6.16. The van der Waals surface area contributed by atoms with Gasteiger partial charge in [-0.2, -0.15) is 0 Å². The zero-order valence-electron chi connectivity index (χ0n) is 15.5. The second-order valence-corrected chi connectivity index (χ2v) is 8.01. The minimum Gasteiger partial charge on any atom is -0.493 e. The number of rotatable bonds is 4. The van der Waals surface area contributed by atoms with E-state index in [9.17, 15) is 4.79 Å². The van der Waals surface area contributed by atoms with E-state index in [1.54, 1.807) is 0 Å². The molecule has 0 spiro atoms. The lowest BCUT2D eigenvalue weighted by Crippen LogP contribution is -2.57. The number of nitrogens with zero attached hydrogens (tertiary/aromatic N) is 1.